The maximum atomic E-state index is 10.7. The molecule has 0 aromatic heterocycles. The van der Waals surface area contributed by atoms with Crippen molar-refractivity contribution in [2.24, 2.45) is 0 Å². The van der Waals surface area contributed by atoms with Gasteiger partial charge in [-0.2, -0.15) is 0 Å². The van der Waals surface area contributed by atoms with E-state index < -0.39 is 11.5 Å². The van der Waals surface area contributed by atoms with Crippen molar-refractivity contribution in [1.29, 1.82) is 0 Å². The average molecular weight is 173 g/mol. The first-order chi connectivity index (χ1) is 5.60. The second-order valence-electron chi connectivity index (χ2n) is 3.39. The van der Waals surface area contributed by atoms with Crippen molar-refractivity contribution < 1.29 is 14.6 Å². The molecule has 12 heavy (non-hydrogen) atoms. The summed E-state index contributed by atoms with van der Waals surface area (Å²) >= 11 is 0. The Bertz CT molecular complexity index is 177. The summed E-state index contributed by atoms with van der Waals surface area (Å²) in [5.74, 6) is -0.745. The van der Waals surface area contributed by atoms with Crippen molar-refractivity contribution in [2.75, 3.05) is 13.7 Å². The molecule has 4 nitrogen and oxygen atoms in total. The predicted octanol–water partition coefficient (Wildman–Crippen LogP) is 0.228. The molecule has 0 bridgehead atoms. The maximum absolute atomic E-state index is 10.7. The van der Waals surface area contributed by atoms with Gasteiger partial charge in [0, 0.05) is 13.2 Å². The number of aliphatic carboxylic acids is 1. The van der Waals surface area contributed by atoms with E-state index in [9.17, 15) is 4.79 Å². The molecule has 1 aliphatic carbocycles. The molecule has 0 saturated heterocycles. The normalized spacial score (nSPS) is 21.8. The molecule has 1 rings (SSSR count). The number of carbonyl (C=O) groups is 1. The Balaban J connectivity index is 2.35. The van der Waals surface area contributed by atoms with E-state index in [4.69, 9.17) is 9.84 Å². The number of carboxylic acids is 1. The van der Waals surface area contributed by atoms with E-state index in [1.54, 1.807) is 7.11 Å². The summed E-state index contributed by atoms with van der Waals surface area (Å²) < 4.78 is 4.90. The highest BCUT2D eigenvalue weighted by atomic mass is 16.5. The van der Waals surface area contributed by atoms with E-state index >= 15 is 0 Å². The summed E-state index contributed by atoms with van der Waals surface area (Å²) in [5.41, 5.74) is -0.641. The number of carboxylic acid groups (broad SMARTS) is 1. The number of hydrogen-bond donors (Lipinski definition) is 2. The minimum absolute atomic E-state index is 0.105. The van der Waals surface area contributed by atoms with Gasteiger partial charge in [0.25, 0.3) is 0 Å². The van der Waals surface area contributed by atoms with Gasteiger partial charge in [-0.15, -0.1) is 0 Å². The third-order valence-electron chi connectivity index (χ3n) is 2.10. The molecular weight excluding hydrogens is 158 g/mol. The molecule has 1 fully saturated rings. The van der Waals surface area contributed by atoms with E-state index in [0.29, 0.717) is 6.61 Å². The second kappa shape index (κ2) is 3.41. The van der Waals surface area contributed by atoms with Crippen molar-refractivity contribution in [1.82, 2.24) is 5.32 Å². The first-order valence-corrected chi connectivity index (χ1v) is 4.11. The molecule has 0 amide bonds. The fourth-order valence-corrected chi connectivity index (χ4v) is 1.31. The van der Waals surface area contributed by atoms with Crippen LogP contribution in [0.15, 0.2) is 0 Å². The standard InChI is InChI=1S/C8H15NO3/c1-6(5-12-2)9-8(3-4-8)7(10)11/h6,9H,3-5H2,1-2H3,(H,10,11). The van der Waals surface area contributed by atoms with Crippen molar-refractivity contribution in [3.05, 3.63) is 0 Å². The fourth-order valence-electron chi connectivity index (χ4n) is 1.31. The van der Waals surface area contributed by atoms with Gasteiger partial charge in [-0.05, 0) is 19.8 Å². The molecule has 1 unspecified atom stereocenters. The SMILES string of the molecule is COCC(C)NC1(C(=O)O)CC1. The molecule has 1 aliphatic rings. The van der Waals surface area contributed by atoms with Crippen LogP contribution in [0, 0.1) is 0 Å². The topological polar surface area (TPSA) is 58.6 Å². The number of ether oxygens (including phenoxy) is 1. The summed E-state index contributed by atoms with van der Waals surface area (Å²) in [6.45, 7) is 2.47. The van der Waals surface area contributed by atoms with Crippen molar-refractivity contribution in [2.45, 2.75) is 31.3 Å². The smallest absolute Gasteiger partial charge is 0.323 e. The van der Waals surface area contributed by atoms with Gasteiger partial charge in [-0.1, -0.05) is 0 Å². The highest BCUT2D eigenvalue weighted by molar-refractivity contribution is 5.82. The van der Waals surface area contributed by atoms with Gasteiger partial charge in [0.05, 0.1) is 6.61 Å². The lowest BCUT2D eigenvalue weighted by atomic mass is 10.2. The average Bonchev–Trinajstić information content (AvgIpc) is 2.69. The first kappa shape index (κ1) is 9.48. The minimum atomic E-state index is -0.745. The van der Waals surface area contributed by atoms with Gasteiger partial charge in [0.1, 0.15) is 5.54 Å². The lowest BCUT2D eigenvalue weighted by Crippen LogP contribution is -2.45. The van der Waals surface area contributed by atoms with Crippen LogP contribution in [0.3, 0.4) is 0 Å². The van der Waals surface area contributed by atoms with Crippen LogP contribution in [0.5, 0.6) is 0 Å². The highest BCUT2D eigenvalue weighted by Gasteiger charge is 2.50. The van der Waals surface area contributed by atoms with Crippen LogP contribution in [0.25, 0.3) is 0 Å². The van der Waals surface area contributed by atoms with Gasteiger partial charge in [0.15, 0.2) is 0 Å². The van der Waals surface area contributed by atoms with E-state index in [0.717, 1.165) is 12.8 Å². The number of methoxy groups -OCH3 is 1. The number of rotatable bonds is 5. The Morgan fingerprint density at radius 1 is 1.75 bits per heavy atom. The molecule has 4 heteroatoms. The van der Waals surface area contributed by atoms with E-state index in [1.165, 1.54) is 0 Å². The molecule has 0 radical (unpaired) electrons. The Labute approximate surface area is 71.9 Å². The monoisotopic (exact) mass is 173 g/mol. The first-order valence-electron chi connectivity index (χ1n) is 4.11. The third-order valence-corrected chi connectivity index (χ3v) is 2.10. The van der Waals surface area contributed by atoms with Crippen LogP contribution < -0.4 is 5.32 Å². The molecular formula is C8H15NO3. The molecule has 1 atom stereocenters. The van der Waals surface area contributed by atoms with E-state index in [2.05, 4.69) is 5.32 Å². The van der Waals surface area contributed by atoms with Gasteiger partial charge >= 0.3 is 5.97 Å². The summed E-state index contributed by atoms with van der Waals surface area (Å²) in [4.78, 5) is 10.7. The van der Waals surface area contributed by atoms with Crippen LogP contribution in [-0.2, 0) is 9.53 Å². The summed E-state index contributed by atoms with van der Waals surface area (Å²) in [7, 11) is 1.61. The lowest BCUT2D eigenvalue weighted by molar-refractivity contribution is -0.141. The highest BCUT2D eigenvalue weighted by Crippen LogP contribution is 2.35. The summed E-state index contributed by atoms with van der Waals surface area (Å²) in [6.07, 6.45) is 1.47. The molecule has 2 N–H and O–H groups in total. The molecule has 0 aromatic rings. The summed E-state index contributed by atoms with van der Waals surface area (Å²) in [6, 6.07) is 0.105. The second-order valence-corrected chi connectivity index (χ2v) is 3.39. The number of nitrogens with one attached hydrogen (secondary N) is 1. The van der Waals surface area contributed by atoms with Crippen LogP contribution >= 0.6 is 0 Å². The van der Waals surface area contributed by atoms with Gasteiger partial charge < -0.3 is 9.84 Å². The minimum Gasteiger partial charge on any atom is -0.480 e. The molecule has 1 saturated carbocycles. The van der Waals surface area contributed by atoms with Crippen molar-refractivity contribution in [3.63, 3.8) is 0 Å². The van der Waals surface area contributed by atoms with Crippen LogP contribution in [0.2, 0.25) is 0 Å². The molecule has 0 heterocycles. The summed E-state index contributed by atoms with van der Waals surface area (Å²) in [5, 5.41) is 11.9. The van der Waals surface area contributed by atoms with E-state index in [-0.39, 0.29) is 6.04 Å². The third kappa shape index (κ3) is 1.95. The largest absolute Gasteiger partial charge is 0.480 e. The lowest BCUT2D eigenvalue weighted by Gasteiger charge is -2.18. The maximum Gasteiger partial charge on any atom is 0.323 e. The zero-order valence-electron chi connectivity index (χ0n) is 7.46. The van der Waals surface area contributed by atoms with Crippen LogP contribution in [0.1, 0.15) is 19.8 Å². The zero-order chi connectivity index (χ0) is 9.19. The van der Waals surface area contributed by atoms with Crippen LogP contribution in [-0.4, -0.2) is 36.4 Å². The van der Waals surface area contributed by atoms with Gasteiger partial charge in [-0.25, -0.2) is 0 Å². The Kier molecular flexibility index (Phi) is 2.69. The van der Waals surface area contributed by atoms with Gasteiger partial charge in [-0.3, -0.25) is 10.1 Å². The number of hydrogen-bond acceptors (Lipinski definition) is 3. The molecule has 0 aromatic carbocycles. The quantitative estimate of drug-likeness (QED) is 0.624. The predicted molar refractivity (Wildman–Crippen MR) is 44.1 cm³/mol. The molecule has 70 valence electrons. The Morgan fingerprint density at radius 3 is 2.67 bits per heavy atom. The van der Waals surface area contributed by atoms with E-state index in [1.807, 2.05) is 6.92 Å². The molecule has 0 spiro atoms. The Morgan fingerprint density at radius 2 is 2.33 bits per heavy atom. The van der Waals surface area contributed by atoms with Gasteiger partial charge in [0.2, 0.25) is 0 Å². The zero-order valence-corrected chi connectivity index (χ0v) is 7.46. The van der Waals surface area contributed by atoms with Crippen molar-refractivity contribution >= 4 is 5.97 Å². The Hall–Kier alpha value is -0.610. The van der Waals surface area contributed by atoms with Crippen molar-refractivity contribution in [3.8, 4) is 0 Å². The van der Waals surface area contributed by atoms with Crippen LogP contribution in [0.4, 0.5) is 0 Å². The molecule has 0 aliphatic heterocycles. The fraction of sp³-hybridized carbons (Fsp3) is 0.875.